The minimum absolute atomic E-state index is 0.139. The molecule has 0 heterocycles. The molecule has 6 N–H and O–H groups in total. The predicted molar refractivity (Wildman–Crippen MR) is 42.6 cm³/mol. The van der Waals surface area contributed by atoms with Gasteiger partial charge in [-0.3, -0.25) is 11.7 Å². The van der Waals surface area contributed by atoms with E-state index in [2.05, 4.69) is 6.92 Å². The predicted octanol–water partition coefficient (Wildman–Crippen LogP) is -0.447. The summed E-state index contributed by atoms with van der Waals surface area (Å²) in [6.07, 6.45) is 3.27. The number of nitrogens with two attached hydrogens (primary N) is 3. The molecule has 0 radical (unpaired) electrons. The van der Waals surface area contributed by atoms with E-state index < -0.39 is 0 Å². The van der Waals surface area contributed by atoms with Gasteiger partial charge in [0.15, 0.2) is 0 Å². The first-order valence-corrected chi connectivity index (χ1v) is 3.71. The number of rotatable bonds is 5. The number of hydrogen-bond acceptors (Lipinski definition) is 4. The number of hydrogen-bond donors (Lipinski definition) is 3. The third-order valence-corrected chi connectivity index (χ3v) is 1.58. The standard InChI is InChI=1S/C6H18N4/c1-2-3-4-6(5-7)10(8)9/h6H,2-5,7-9H2,1H3. The maximum Gasteiger partial charge on any atom is 0.0517 e. The van der Waals surface area contributed by atoms with Gasteiger partial charge in [0.05, 0.1) is 6.04 Å². The smallest absolute Gasteiger partial charge is 0.0517 e. The van der Waals surface area contributed by atoms with Crippen LogP contribution in [-0.4, -0.2) is 17.7 Å². The maximum absolute atomic E-state index is 5.41. The fraction of sp³-hybridized carbons (Fsp3) is 1.00. The highest BCUT2D eigenvalue weighted by molar-refractivity contribution is 4.63. The Labute approximate surface area is 62.3 Å². The lowest BCUT2D eigenvalue weighted by molar-refractivity contribution is 0.197. The van der Waals surface area contributed by atoms with Gasteiger partial charge in [0.1, 0.15) is 0 Å². The number of nitrogens with zero attached hydrogens (tertiary/aromatic N) is 1. The van der Waals surface area contributed by atoms with Crippen LogP contribution in [0.3, 0.4) is 0 Å². The van der Waals surface area contributed by atoms with E-state index in [-0.39, 0.29) is 6.04 Å². The van der Waals surface area contributed by atoms with E-state index in [0.29, 0.717) is 6.54 Å². The zero-order valence-corrected chi connectivity index (χ0v) is 6.59. The summed E-state index contributed by atoms with van der Waals surface area (Å²) < 4.78 is 0. The molecule has 0 saturated heterocycles. The van der Waals surface area contributed by atoms with Crippen molar-refractivity contribution in [2.24, 2.45) is 17.4 Å². The molecule has 0 spiro atoms. The minimum Gasteiger partial charge on any atom is -0.329 e. The topological polar surface area (TPSA) is 81.3 Å². The van der Waals surface area contributed by atoms with Crippen LogP contribution in [0.25, 0.3) is 0 Å². The third-order valence-electron chi connectivity index (χ3n) is 1.58. The lowest BCUT2D eigenvalue weighted by Crippen LogP contribution is -2.49. The molecule has 0 bridgehead atoms. The van der Waals surface area contributed by atoms with Crippen LogP contribution in [0.4, 0.5) is 0 Å². The summed E-state index contributed by atoms with van der Waals surface area (Å²) in [5.41, 5.74) is 5.41. The molecule has 0 amide bonds. The van der Waals surface area contributed by atoms with Crippen molar-refractivity contribution in [1.82, 2.24) is 5.12 Å². The fourth-order valence-corrected chi connectivity index (χ4v) is 0.828. The lowest BCUT2D eigenvalue weighted by Gasteiger charge is -2.20. The molecule has 0 aliphatic carbocycles. The molecular formula is C6H18N4. The molecule has 10 heavy (non-hydrogen) atoms. The van der Waals surface area contributed by atoms with Gasteiger partial charge in [0.25, 0.3) is 0 Å². The van der Waals surface area contributed by atoms with E-state index in [9.17, 15) is 0 Å². The van der Waals surface area contributed by atoms with E-state index in [4.69, 9.17) is 17.4 Å². The zero-order chi connectivity index (χ0) is 7.98. The second kappa shape index (κ2) is 5.61. The van der Waals surface area contributed by atoms with Gasteiger partial charge in [-0.2, -0.15) is 5.12 Å². The minimum atomic E-state index is 0.139. The SMILES string of the molecule is CCCCC(CN)N(N)N. The van der Waals surface area contributed by atoms with Gasteiger partial charge in [-0.25, -0.2) is 0 Å². The molecule has 4 heteroatoms. The van der Waals surface area contributed by atoms with Gasteiger partial charge >= 0.3 is 0 Å². The molecule has 0 aromatic heterocycles. The molecule has 0 saturated carbocycles. The molecule has 0 aliphatic heterocycles. The Hall–Kier alpha value is -0.160. The second-order valence-electron chi connectivity index (χ2n) is 2.48. The fourth-order valence-electron chi connectivity index (χ4n) is 0.828. The van der Waals surface area contributed by atoms with Gasteiger partial charge in [-0.05, 0) is 6.42 Å². The summed E-state index contributed by atoms with van der Waals surface area (Å²) in [5.74, 6) is 10.6. The summed E-state index contributed by atoms with van der Waals surface area (Å²) >= 11 is 0. The van der Waals surface area contributed by atoms with Crippen LogP contribution in [0.2, 0.25) is 0 Å². The normalized spacial score (nSPS) is 14.1. The summed E-state index contributed by atoms with van der Waals surface area (Å²) in [6, 6.07) is 0.139. The van der Waals surface area contributed by atoms with Crippen LogP contribution in [0, 0.1) is 0 Å². The Balaban J connectivity index is 3.40. The first-order valence-electron chi connectivity index (χ1n) is 3.71. The monoisotopic (exact) mass is 146 g/mol. The van der Waals surface area contributed by atoms with Crippen LogP contribution in [0.5, 0.6) is 0 Å². The summed E-state index contributed by atoms with van der Waals surface area (Å²) in [6.45, 7) is 2.66. The molecule has 62 valence electrons. The highest BCUT2D eigenvalue weighted by atomic mass is 15.6. The highest BCUT2D eigenvalue weighted by Gasteiger charge is 2.08. The molecule has 0 fully saturated rings. The van der Waals surface area contributed by atoms with Crippen molar-refractivity contribution in [2.75, 3.05) is 6.54 Å². The molecule has 1 atom stereocenters. The van der Waals surface area contributed by atoms with Crippen molar-refractivity contribution in [3.05, 3.63) is 0 Å². The Kier molecular flexibility index (Phi) is 5.52. The van der Waals surface area contributed by atoms with Crippen LogP contribution in [-0.2, 0) is 0 Å². The van der Waals surface area contributed by atoms with Crippen molar-refractivity contribution >= 4 is 0 Å². The van der Waals surface area contributed by atoms with Gasteiger partial charge in [0, 0.05) is 6.54 Å². The van der Waals surface area contributed by atoms with E-state index in [1.807, 2.05) is 0 Å². The zero-order valence-electron chi connectivity index (χ0n) is 6.59. The first-order chi connectivity index (χ1) is 4.72. The summed E-state index contributed by atoms with van der Waals surface area (Å²) in [7, 11) is 0. The Morgan fingerprint density at radius 3 is 2.30 bits per heavy atom. The van der Waals surface area contributed by atoms with Crippen molar-refractivity contribution in [3.8, 4) is 0 Å². The highest BCUT2D eigenvalue weighted by Crippen LogP contribution is 2.00. The van der Waals surface area contributed by atoms with E-state index >= 15 is 0 Å². The molecular weight excluding hydrogens is 128 g/mol. The maximum atomic E-state index is 5.41. The van der Waals surface area contributed by atoms with Crippen LogP contribution in [0.1, 0.15) is 26.2 Å². The molecule has 1 unspecified atom stereocenters. The van der Waals surface area contributed by atoms with Crippen molar-refractivity contribution in [1.29, 1.82) is 0 Å². The first kappa shape index (κ1) is 9.84. The van der Waals surface area contributed by atoms with Crippen molar-refractivity contribution in [2.45, 2.75) is 32.2 Å². The van der Waals surface area contributed by atoms with Gasteiger partial charge in [-0.1, -0.05) is 19.8 Å². The molecule has 0 aromatic rings. The summed E-state index contributed by atoms with van der Waals surface area (Å²) in [4.78, 5) is 0. The molecule has 0 aromatic carbocycles. The number of unbranched alkanes of at least 4 members (excludes halogenated alkanes) is 1. The van der Waals surface area contributed by atoms with Crippen LogP contribution < -0.4 is 17.4 Å². The van der Waals surface area contributed by atoms with E-state index in [1.165, 1.54) is 5.12 Å². The van der Waals surface area contributed by atoms with E-state index in [0.717, 1.165) is 19.3 Å². The summed E-state index contributed by atoms with van der Waals surface area (Å²) in [5, 5.41) is 1.20. The van der Waals surface area contributed by atoms with Crippen molar-refractivity contribution < 1.29 is 0 Å². The number of hydrazine groups is 2. The quantitative estimate of drug-likeness (QED) is 0.362. The van der Waals surface area contributed by atoms with Crippen LogP contribution in [0.15, 0.2) is 0 Å². The molecule has 0 rings (SSSR count). The van der Waals surface area contributed by atoms with Gasteiger partial charge in [-0.15, -0.1) is 0 Å². The van der Waals surface area contributed by atoms with Crippen molar-refractivity contribution in [3.63, 3.8) is 0 Å². The van der Waals surface area contributed by atoms with Crippen LogP contribution >= 0.6 is 0 Å². The second-order valence-corrected chi connectivity index (χ2v) is 2.48. The average molecular weight is 146 g/mol. The van der Waals surface area contributed by atoms with Gasteiger partial charge < -0.3 is 5.73 Å². The van der Waals surface area contributed by atoms with Gasteiger partial charge in [0.2, 0.25) is 0 Å². The largest absolute Gasteiger partial charge is 0.329 e. The Bertz CT molecular complexity index is 74.1. The van der Waals surface area contributed by atoms with E-state index in [1.54, 1.807) is 0 Å². The Morgan fingerprint density at radius 1 is 1.40 bits per heavy atom. The average Bonchev–Trinajstić information content (AvgIpc) is 1.89. The molecule has 0 aliphatic rings. The third kappa shape index (κ3) is 3.79. The Morgan fingerprint density at radius 2 is 2.00 bits per heavy atom. The lowest BCUT2D eigenvalue weighted by atomic mass is 10.1. The molecule has 4 nitrogen and oxygen atoms in total.